The second-order valence-corrected chi connectivity index (χ2v) is 8.87. The van der Waals surface area contributed by atoms with E-state index in [9.17, 15) is 5.26 Å². The van der Waals surface area contributed by atoms with Gasteiger partial charge in [-0.25, -0.2) is 9.97 Å². The number of allylic oxidation sites excluding steroid dienone is 2. The van der Waals surface area contributed by atoms with E-state index in [4.69, 9.17) is 0 Å². The Kier molecular flexibility index (Phi) is 5.46. The summed E-state index contributed by atoms with van der Waals surface area (Å²) in [5, 5.41) is 15.0. The van der Waals surface area contributed by atoms with Gasteiger partial charge in [0.2, 0.25) is 0 Å². The maximum Gasteiger partial charge on any atom is 0.158 e. The maximum absolute atomic E-state index is 9.46. The highest BCUT2D eigenvalue weighted by molar-refractivity contribution is 7.19. The molecule has 1 aliphatic heterocycles. The quantitative estimate of drug-likeness (QED) is 0.450. The Morgan fingerprint density at radius 1 is 1.16 bits per heavy atom. The number of aromatic nitrogens is 2. The van der Waals surface area contributed by atoms with Crippen LogP contribution in [0.2, 0.25) is 0 Å². The van der Waals surface area contributed by atoms with Gasteiger partial charge in [0.05, 0.1) is 23.2 Å². The summed E-state index contributed by atoms with van der Waals surface area (Å²) in [6, 6.07) is 12.5. The predicted octanol–water partition coefficient (Wildman–Crippen LogP) is 5.17. The van der Waals surface area contributed by atoms with Crippen LogP contribution >= 0.6 is 11.3 Å². The molecule has 0 atom stereocenters. The molecule has 1 aromatic carbocycles. The number of hydrogen-bond donors (Lipinski definition) is 1. The Morgan fingerprint density at radius 3 is 2.90 bits per heavy atom. The molecule has 31 heavy (non-hydrogen) atoms. The van der Waals surface area contributed by atoms with Crippen molar-refractivity contribution in [1.29, 1.82) is 5.26 Å². The van der Waals surface area contributed by atoms with Gasteiger partial charge >= 0.3 is 0 Å². The van der Waals surface area contributed by atoms with Crippen LogP contribution in [0.5, 0.6) is 0 Å². The van der Waals surface area contributed by atoms with Crippen LogP contribution < -0.4 is 5.43 Å². The Morgan fingerprint density at radius 2 is 2.03 bits per heavy atom. The zero-order chi connectivity index (χ0) is 21.0. The highest BCUT2D eigenvalue weighted by Gasteiger charge is 2.19. The van der Waals surface area contributed by atoms with E-state index in [0.29, 0.717) is 13.0 Å². The van der Waals surface area contributed by atoms with Gasteiger partial charge in [-0.15, -0.1) is 11.3 Å². The van der Waals surface area contributed by atoms with E-state index in [1.54, 1.807) is 23.9 Å². The second kappa shape index (κ2) is 8.70. The van der Waals surface area contributed by atoms with E-state index in [0.717, 1.165) is 40.0 Å². The number of fused-ring (bicyclic) bond motifs is 3. The normalized spacial score (nSPS) is 16.0. The lowest BCUT2D eigenvalue weighted by molar-refractivity contribution is 0.487. The molecule has 0 bridgehead atoms. The third kappa shape index (κ3) is 4.21. The van der Waals surface area contributed by atoms with Crippen molar-refractivity contribution >= 4 is 33.6 Å². The lowest BCUT2D eigenvalue weighted by Gasteiger charge is -2.21. The van der Waals surface area contributed by atoms with Gasteiger partial charge in [0.15, 0.2) is 5.82 Å². The molecule has 0 amide bonds. The van der Waals surface area contributed by atoms with Crippen molar-refractivity contribution < 1.29 is 0 Å². The molecule has 6 nitrogen and oxygen atoms in total. The number of thiophene rings is 1. The molecule has 3 heterocycles. The first-order valence-corrected chi connectivity index (χ1v) is 11.3. The summed E-state index contributed by atoms with van der Waals surface area (Å²) >= 11 is 1.78. The number of benzene rings is 1. The summed E-state index contributed by atoms with van der Waals surface area (Å²) in [6.07, 6.45) is 12.6. The number of rotatable bonds is 5. The third-order valence-electron chi connectivity index (χ3n) is 5.55. The Hall–Kier alpha value is -3.50. The maximum atomic E-state index is 9.46. The van der Waals surface area contributed by atoms with Gasteiger partial charge in [0.25, 0.3) is 0 Å². The van der Waals surface area contributed by atoms with Gasteiger partial charge in [-0.1, -0.05) is 30.3 Å². The van der Waals surface area contributed by atoms with E-state index in [1.165, 1.54) is 28.8 Å². The Bertz CT molecular complexity index is 1230. The number of nitrogens with one attached hydrogen (secondary N) is 1. The fourth-order valence-corrected chi connectivity index (χ4v) is 5.37. The Balaban J connectivity index is 1.35. The van der Waals surface area contributed by atoms with Crippen molar-refractivity contribution in [2.24, 2.45) is 5.10 Å². The monoisotopic (exact) mass is 426 g/mol. The molecular formula is C24H22N6S. The summed E-state index contributed by atoms with van der Waals surface area (Å²) < 4.78 is 0. The number of aryl methyl sites for hydroxylation is 2. The average Bonchev–Trinajstić information content (AvgIpc) is 3.19. The SMILES string of the molecule is N#CC1=CN(Cc2ccccc2)C=C(C=NNc2ncnc3sc4c(c23)CCCC4)C1. The first-order chi connectivity index (χ1) is 15.3. The molecule has 0 spiro atoms. The van der Waals surface area contributed by atoms with Crippen molar-refractivity contribution in [3.63, 3.8) is 0 Å². The van der Waals surface area contributed by atoms with Crippen molar-refractivity contribution in [3.05, 3.63) is 76.2 Å². The molecule has 7 heteroatoms. The summed E-state index contributed by atoms with van der Waals surface area (Å²) in [5.74, 6) is 0.759. The highest BCUT2D eigenvalue weighted by Crippen LogP contribution is 2.38. The van der Waals surface area contributed by atoms with Crippen molar-refractivity contribution in [3.8, 4) is 6.07 Å². The fourth-order valence-electron chi connectivity index (χ4n) is 4.15. The van der Waals surface area contributed by atoms with Gasteiger partial charge in [-0.2, -0.15) is 10.4 Å². The van der Waals surface area contributed by atoms with E-state index in [2.05, 4.69) is 38.7 Å². The second-order valence-electron chi connectivity index (χ2n) is 7.79. The Labute approximate surface area is 185 Å². The predicted molar refractivity (Wildman–Crippen MR) is 125 cm³/mol. The van der Waals surface area contributed by atoms with Crippen LogP contribution in [-0.2, 0) is 19.4 Å². The zero-order valence-electron chi connectivity index (χ0n) is 17.1. The van der Waals surface area contributed by atoms with Gasteiger partial charge in [-0.05, 0) is 42.4 Å². The van der Waals surface area contributed by atoms with E-state index >= 15 is 0 Å². The molecule has 0 fully saturated rings. The minimum Gasteiger partial charge on any atom is -0.349 e. The molecule has 5 rings (SSSR count). The molecule has 154 valence electrons. The summed E-state index contributed by atoms with van der Waals surface area (Å²) in [4.78, 5) is 13.4. The largest absolute Gasteiger partial charge is 0.349 e. The topological polar surface area (TPSA) is 77.2 Å². The van der Waals surface area contributed by atoms with Crippen LogP contribution in [0.3, 0.4) is 0 Å². The summed E-state index contributed by atoms with van der Waals surface area (Å²) in [6.45, 7) is 0.713. The zero-order valence-corrected chi connectivity index (χ0v) is 17.9. The number of anilines is 1. The molecule has 0 unspecified atom stereocenters. The number of hydrazone groups is 1. The van der Waals surface area contributed by atoms with E-state index in [1.807, 2.05) is 35.5 Å². The van der Waals surface area contributed by atoms with Crippen LogP contribution in [-0.4, -0.2) is 21.1 Å². The molecule has 1 aliphatic carbocycles. The van der Waals surface area contributed by atoms with Crippen LogP contribution in [0.25, 0.3) is 10.2 Å². The first kappa shape index (κ1) is 19.5. The van der Waals surface area contributed by atoms with Crippen molar-refractivity contribution in [1.82, 2.24) is 14.9 Å². The first-order valence-electron chi connectivity index (χ1n) is 10.5. The van der Waals surface area contributed by atoms with Gasteiger partial charge in [0.1, 0.15) is 11.2 Å². The minimum absolute atomic E-state index is 0.569. The van der Waals surface area contributed by atoms with E-state index < -0.39 is 0 Å². The lowest BCUT2D eigenvalue weighted by Crippen LogP contribution is -2.15. The van der Waals surface area contributed by atoms with Gasteiger partial charge in [-0.3, -0.25) is 5.43 Å². The van der Waals surface area contributed by atoms with Crippen LogP contribution in [0.1, 0.15) is 35.3 Å². The van der Waals surface area contributed by atoms with Crippen LogP contribution in [0.4, 0.5) is 5.82 Å². The molecule has 2 aromatic heterocycles. The lowest BCUT2D eigenvalue weighted by atomic mass is 9.97. The standard InChI is InChI=1S/C24H22N6S/c25-11-18-10-19(15-30(14-18)13-17-6-2-1-3-7-17)12-28-29-23-22-20-8-4-5-9-21(20)31-24(22)27-16-26-23/h1-3,6-7,12,14-16H,4-5,8-10,13H2,(H,26,27,29). The van der Waals surface area contributed by atoms with Crippen LogP contribution in [0, 0.1) is 11.3 Å². The third-order valence-corrected chi connectivity index (χ3v) is 6.75. The number of hydrogen-bond acceptors (Lipinski definition) is 7. The molecule has 0 saturated carbocycles. The minimum atomic E-state index is 0.569. The smallest absolute Gasteiger partial charge is 0.158 e. The fraction of sp³-hybridized carbons (Fsp3) is 0.250. The molecule has 0 radical (unpaired) electrons. The highest BCUT2D eigenvalue weighted by atomic mass is 32.1. The van der Waals surface area contributed by atoms with Gasteiger partial charge in [0, 0.05) is 30.2 Å². The summed E-state index contributed by atoms with van der Waals surface area (Å²) in [5.41, 5.74) is 7.39. The average molecular weight is 427 g/mol. The van der Waals surface area contributed by atoms with Crippen molar-refractivity contribution in [2.75, 3.05) is 5.43 Å². The molecule has 0 saturated heterocycles. The van der Waals surface area contributed by atoms with Gasteiger partial charge < -0.3 is 4.90 Å². The molecule has 3 aromatic rings. The summed E-state index contributed by atoms with van der Waals surface area (Å²) in [7, 11) is 0. The molecular weight excluding hydrogens is 404 g/mol. The van der Waals surface area contributed by atoms with E-state index in [-0.39, 0.29) is 0 Å². The number of nitriles is 1. The number of nitrogens with zero attached hydrogens (tertiary/aromatic N) is 5. The molecule has 2 aliphatic rings. The van der Waals surface area contributed by atoms with Crippen LogP contribution in [0.15, 0.2) is 65.3 Å². The van der Waals surface area contributed by atoms with Crippen molar-refractivity contribution in [2.45, 2.75) is 38.6 Å². The molecule has 1 N–H and O–H groups in total.